The number of nitrogens with zero attached hydrogens (tertiary/aromatic N) is 2. The molecular formula is C14H21N3O3S. The van der Waals surface area contributed by atoms with Crippen LogP contribution in [0.1, 0.15) is 18.4 Å². The van der Waals surface area contributed by atoms with Crippen LogP contribution >= 0.6 is 0 Å². The fourth-order valence-corrected chi connectivity index (χ4v) is 3.79. The molecule has 1 aliphatic heterocycles. The number of amides is 1. The summed E-state index contributed by atoms with van der Waals surface area (Å²) in [6.45, 7) is 2.99. The van der Waals surface area contributed by atoms with Gasteiger partial charge in [-0.25, -0.2) is 8.42 Å². The Morgan fingerprint density at radius 1 is 1.33 bits per heavy atom. The van der Waals surface area contributed by atoms with Crippen molar-refractivity contribution in [1.29, 1.82) is 0 Å². The maximum atomic E-state index is 12.5. The number of benzene rings is 1. The van der Waals surface area contributed by atoms with Gasteiger partial charge in [-0.2, -0.15) is 4.31 Å². The first-order valence-corrected chi connectivity index (χ1v) is 8.36. The smallest absolute Gasteiger partial charge is 0.243 e. The second-order valence-electron chi connectivity index (χ2n) is 5.37. The average molecular weight is 311 g/mol. The monoisotopic (exact) mass is 311 g/mol. The third-order valence-corrected chi connectivity index (χ3v) is 5.67. The zero-order chi connectivity index (χ0) is 15.6. The Balaban J connectivity index is 2.16. The van der Waals surface area contributed by atoms with Crippen LogP contribution in [0.3, 0.4) is 0 Å². The summed E-state index contributed by atoms with van der Waals surface area (Å²) in [4.78, 5) is 14.0. The fourth-order valence-electron chi connectivity index (χ4n) is 2.47. The molecule has 0 bridgehead atoms. The van der Waals surface area contributed by atoms with Crippen LogP contribution in [-0.4, -0.2) is 50.2 Å². The van der Waals surface area contributed by atoms with E-state index in [9.17, 15) is 13.2 Å². The minimum atomic E-state index is -3.68. The number of anilines is 1. The normalized spacial score (nSPS) is 15.7. The molecule has 1 amide bonds. The van der Waals surface area contributed by atoms with Crippen LogP contribution in [0.5, 0.6) is 0 Å². The molecule has 7 heteroatoms. The third kappa shape index (κ3) is 3.36. The van der Waals surface area contributed by atoms with Gasteiger partial charge in [-0.15, -0.1) is 0 Å². The second kappa shape index (κ2) is 6.03. The number of nitrogen functional groups attached to an aromatic ring is 1. The van der Waals surface area contributed by atoms with E-state index in [2.05, 4.69) is 0 Å². The molecule has 0 aliphatic carbocycles. The Labute approximate surface area is 125 Å². The number of rotatable bonds is 4. The number of likely N-dealkylation sites (tertiary alicyclic amines) is 1. The van der Waals surface area contributed by atoms with Crippen LogP contribution in [-0.2, 0) is 14.8 Å². The number of hydrogen-bond acceptors (Lipinski definition) is 4. The van der Waals surface area contributed by atoms with Crippen molar-refractivity contribution in [1.82, 2.24) is 9.21 Å². The van der Waals surface area contributed by atoms with E-state index in [1.165, 1.54) is 13.1 Å². The molecule has 0 aromatic heterocycles. The molecule has 6 nitrogen and oxygen atoms in total. The number of carbonyl (C=O) groups excluding carboxylic acids is 1. The van der Waals surface area contributed by atoms with E-state index < -0.39 is 10.0 Å². The van der Waals surface area contributed by atoms with Crippen molar-refractivity contribution >= 4 is 21.6 Å². The lowest BCUT2D eigenvalue weighted by atomic mass is 10.2. The van der Waals surface area contributed by atoms with E-state index in [-0.39, 0.29) is 17.3 Å². The van der Waals surface area contributed by atoms with Gasteiger partial charge in [-0.1, -0.05) is 0 Å². The molecule has 21 heavy (non-hydrogen) atoms. The van der Waals surface area contributed by atoms with E-state index in [1.807, 2.05) is 0 Å². The summed E-state index contributed by atoms with van der Waals surface area (Å²) >= 11 is 0. The summed E-state index contributed by atoms with van der Waals surface area (Å²) in [6, 6.07) is 4.65. The average Bonchev–Trinajstić information content (AvgIpc) is 2.91. The molecule has 1 fully saturated rings. The molecule has 0 unspecified atom stereocenters. The van der Waals surface area contributed by atoms with Crippen molar-refractivity contribution in [2.24, 2.45) is 0 Å². The van der Waals surface area contributed by atoms with E-state index in [4.69, 9.17) is 5.73 Å². The molecule has 2 N–H and O–H groups in total. The minimum Gasteiger partial charge on any atom is -0.399 e. The van der Waals surface area contributed by atoms with Gasteiger partial charge >= 0.3 is 0 Å². The third-order valence-electron chi connectivity index (χ3n) is 3.70. The van der Waals surface area contributed by atoms with Crippen molar-refractivity contribution in [3.8, 4) is 0 Å². The van der Waals surface area contributed by atoms with Gasteiger partial charge in [0, 0.05) is 25.8 Å². The van der Waals surface area contributed by atoms with Crippen LogP contribution in [0.4, 0.5) is 5.69 Å². The first-order chi connectivity index (χ1) is 9.82. The highest BCUT2D eigenvalue weighted by Gasteiger charge is 2.27. The predicted octanol–water partition coefficient (Wildman–Crippen LogP) is 0.820. The number of hydrogen-bond donors (Lipinski definition) is 1. The predicted molar refractivity (Wildman–Crippen MR) is 81.2 cm³/mol. The number of aryl methyl sites for hydroxylation is 1. The molecule has 0 radical (unpaired) electrons. The standard InChI is InChI=1S/C14H21N3O3S/c1-11-9-12(15)5-6-13(11)21(19,20)16(2)10-14(18)17-7-3-4-8-17/h5-6,9H,3-4,7-8,10,15H2,1-2H3. The molecule has 0 saturated carbocycles. The quantitative estimate of drug-likeness (QED) is 0.834. The van der Waals surface area contributed by atoms with Gasteiger partial charge in [0.15, 0.2) is 0 Å². The van der Waals surface area contributed by atoms with E-state index in [0.717, 1.165) is 17.1 Å². The molecular weight excluding hydrogens is 290 g/mol. The largest absolute Gasteiger partial charge is 0.399 e. The van der Waals surface area contributed by atoms with Gasteiger partial charge in [0.25, 0.3) is 0 Å². The van der Waals surface area contributed by atoms with Crippen LogP contribution < -0.4 is 5.73 Å². The summed E-state index contributed by atoms with van der Waals surface area (Å²) < 4.78 is 26.2. The Kier molecular flexibility index (Phi) is 4.53. The Hall–Kier alpha value is -1.60. The molecule has 2 rings (SSSR count). The Morgan fingerprint density at radius 2 is 1.95 bits per heavy atom. The summed E-state index contributed by atoms with van der Waals surface area (Å²) in [6.07, 6.45) is 1.97. The van der Waals surface area contributed by atoms with Gasteiger partial charge in [0.1, 0.15) is 0 Å². The van der Waals surface area contributed by atoms with Gasteiger partial charge in [0.05, 0.1) is 11.4 Å². The van der Waals surface area contributed by atoms with Crippen LogP contribution in [0.2, 0.25) is 0 Å². The van der Waals surface area contributed by atoms with Gasteiger partial charge in [-0.05, 0) is 43.5 Å². The van der Waals surface area contributed by atoms with Crippen molar-refractivity contribution in [2.45, 2.75) is 24.7 Å². The number of carbonyl (C=O) groups is 1. The van der Waals surface area contributed by atoms with Crippen molar-refractivity contribution in [3.05, 3.63) is 23.8 Å². The Bertz CT molecular complexity index is 637. The van der Waals surface area contributed by atoms with Crippen molar-refractivity contribution in [3.63, 3.8) is 0 Å². The van der Waals surface area contributed by atoms with Crippen LogP contribution in [0.15, 0.2) is 23.1 Å². The minimum absolute atomic E-state index is 0.133. The lowest BCUT2D eigenvalue weighted by Crippen LogP contribution is -2.40. The van der Waals surface area contributed by atoms with Crippen LogP contribution in [0, 0.1) is 6.92 Å². The molecule has 1 heterocycles. The molecule has 1 aromatic carbocycles. The zero-order valence-electron chi connectivity index (χ0n) is 12.4. The van der Waals surface area contributed by atoms with E-state index >= 15 is 0 Å². The first kappa shape index (κ1) is 15.8. The fraction of sp³-hybridized carbons (Fsp3) is 0.500. The highest BCUT2D eigenvalue weighted by atomic mass is 32.2. The first-order valence-electron chi connectivity index (χ1n) is 6.92. The van der Waals surface area contributed by atoms with Gasteiger partial charge < -0.3 is 10.6 Å². The lowest BCUT2D eigenvalue weighted by Gasteiger charge is -2.21. The molecule has 1 saturated heterocycles. The molecule has 0 spiro atoms. The summed E-state index contributed by atoms with van der Waals surface area (Å²) in [5.41, 5.74) is 6.74. The lowest BCUT2D eigenvalue weighted by molar-refractivity contribution is -0.130. The van der Waals surface area contributed by atoms with Crippen molar-refractivity contribution < 1.29 is 13.2 Å². The maximum absolute atomic E-state index is 12.5. The number of likely N-dealkylation sites (N-methyl/N-ethyl adjacent to an activating group) is 1. The van der Waals surface area contributed by atoms with Crippen molar-refractivity contribution in [2.75, 3.05) is 32.4 Å². The number of sulfonamides is 1. The molecule has 0 atom stereocenters. The maximum Gasteiger partial charge on any atom is 0.243 e. The van der Waals surface area contributed by atoms with Gasteiger partial charge in [-0.3, -0.25) is 4.79 Å². The SMILES string of the molecule is Cc1cc(N)ccc1S(=O)(=O)N(C)CC(=O)N1CCCC1. The topological polar surface area (TPSA) is 83.7 Å². The zero-order valence-corrected chi connectivity index (χ0v) is 13.2. The highest BCUT2D eigenvalue weighted by Crippen LogP contribution is 2.21. The molecule has 1 aliphatic rings. The summed E-state index contributed by atoms with van der Waals surface area (Å²) in [7, 11) is -2.25. The highest BCUT2D eigenvalue weighted by molar-refractivity contribution is 7.89. The van der Waals surface area contributed by atoms with E-state index in [1.54, 1.807) is 24.0 Å². The number of nitrogens with two attached hydrogens (primary N) is 1. The summed E-state index contributed by atoms with van der Waals surface area (Å²) in [5, 5.41) is 0. The second-order valence-corrected chi connectivity index (χ2v) is 7.39. The summed E-state index contributed by atoms with van der Waals surface area (Å²) in [5.74, 6) is -0.147. The van der Waals surface area contributed by atoms with Crippen LogP contribution in [0.25, 0.3) is 0 Å². The molecule has 1 aromatic rings. The van der Waals surface area contributed by atoms with Gasteiger partial charge in [0.2, 0.25) is 15.9 Å². The Morgan fingerprint density at radius 3 is 2.52 bits per heavy atom. The molecule has 116 valence electrons. The van der Waals surface area contributed by atoms with E-state index in [0.29, 0.717) is 24.3 Å².